The molecule has 8 rings (SSSR count). The molecule has 220 valence electrons. The van der Waals surface area contributed by atoms with Crippen molar-refractivity contribution in [1.82, 2.24) is 24.3 Å². The van der Waals surface area contributed by atoms with Gasteiger partial charge in [0.15, 0.2) is 0 Å². The summed E-state index contributed by atoms with van der Waals surface area (Å²) < 4.78 is 2.53. The number of aryl methyl sites for hydroxylation is 1. The van der Waals surface area contributed by atoms with Crippen molar-refractivity contribution in [1.29, 1.82) is 0 Å². The molecule has 0 radical (unpaired) electrons. The molecule has 1 unspecified atom stereocenters. The Morgan fingerprint density at radius 3 is 2.44 bits per heavy atom. The number of amides is 1. The van der Waals surface area contributed by atoms with E-state index in [4.69, 9.17) is 4.98 Å². The zero-order valence-corrected chi connectivity index (χ0v) is 25.1. The molecule has 5 heterocycles. The van der Waals surface area contributed by atoms with Gasteiger partial charge in [-0.05, 0) is 106 Å². The number of aromatic nitrogens is 3. The predicted molar refractivity (Wildman–Crippen MR) is 172 cm³/mol. The fraction of sp³-hybridized carbons (Fsp3) is 0.405. The third-order valence-electron chi connectivity index (χ3n) is 11.0. The summed E-state index contributed by atoms with van der Waals surface area (Å²) in [7, 11) is 0. The van der Waals surface area contributed by atoms with E-state index in [1.165, 1.54) is 36.8 Å². The van der Waals surface area contributed by atoms with E-state index in [9.17, 15) is 4.79 Å². The molecule has 3 atom stereocenters. The number of likely N-dealkylation sites (tertiary alicyclic amines) is 1. The number of benzene rings is 3. The number of carbonyl (C=O) groups is 1. The fourth-order valence-corrected chi connectivity index (χ4v) is 8.77. The third kappa shape index (κ3) is 4.67. The lowest BCUT2D eigenvalue weighted by Crippen LogP contribution is -2.49. The second kappa shape index (κ2) is 10.7. The minimum atomic E-state index is 0.107. The summed E-state index contributed by atoms with van der Waals surface area (Å²) in [4.78, 5) is 26.6. The summed E-state index contributed by atoms with van der Waals surface area (Å²) in [5.41, 5.74) is 5.82. The highest BCUT2D eigenvalue weighted by molar-refractivity contribution is 5.98. The molecule has 1 amide bonds. The lowest BCUT2D eigenvalue weighted by molar-refractivity contribution is 0.0607. The Morgan fingerprint density at radius 2 is 1.65 bits per heavy atom. The molecule has 0 spiro atoms. The number of nitrogens with one attached hydrogen (secondary N) is 1. The number of carbonyl (C=O) groups excluding carboxylic acids is 1. The summed E-state index contributed by atoms with van der Waals surface area (Å²) in [6, 6.07) is 29.6. The van der Waals surface area contributed by atoms with Crippen LogP contribution in [0.25, 0.3) is 21.9 Å². The average molecular weight is 572 g/mol. The van der Waals surface area contributed by atoms with Gasteiger partial charge in [-0.3, -0.25) is 9.69 Å². The number of nitrogens with zero attached hydrogens (tertiary/aromatic N) is 4. The topological polar surface area (TPSA) is 57.2 Å². The zero-order valence-electron chi connectivity index (χ0n) is 25.1. The standard InChI is InChI=1S/C37H41N5O/c1-26-39-34-9-5-6-10-35(34)42(26)32-24-30-12-13-31(25-32)41(30)22-18-37(29-7-3-2-4-8-29)16-20-40(21-17-37)36(43)28-11-14-33-27(23-28)15-19-38-33/h2-11,14-15,19,23,30-32,38H,12-13,16-18,20-22,24-25H2,1H3/t30-,31+,32?. The van der Waals surface area contributed by atoms with E-state index in [-0.39, 0.29) is 11.3 Å². The minimum absolute atomic E-state index is 0.107. The van der Waals surface area contributed by atoms with Crippen LogP contribution in [0.1, 0.15) is 72.7 Å². The molecule has 6 heteroatoms. The van der Waals surface area contributed by atoms with Crippen molar-refractivity contribution < 1.29 is 4.79 Å². The summed E-state index contributed by atoms with van der Waals surface area (Å²) in [5, 5.41) is 1.09. The Kier molecular flexibility index (Phi) is 6.63. The molecule has 5 aromatic rings. The van der Waals surface area contributed by atoms with Gasteiger partial charge in [0.2, 0.25) is 0 Å². The maximum atomic E-state index is 13.5. The van der Waals surface area contributed by atoms with Crippen molar-refractivity contribution in [2.45, 2.75) is 75.4 Å². The Hall–Kier alpha value is -3.90. The molecular weight excluding hydrogens is 530 g/mol. The Balaban J connectivity index is 0.980. The van der Waals surface area contributed by atoms with Gasteiger partial charge in [-0.25, -0.2) is 4.98 Å². The van der Waals surface area contributed by atoms with E-state index < -0.39 is 0 Å². The number of hydrogen-bond donors (Lipinski definition) is 1. The van der Waals surface area contributed by atoms with Crippen LogP contribution in [0, 0.1) is 6.92 Å². The van der Waals surface area contributed by atoms with E-state index in [1.807, 2.05) is 30.5 Å². The number of fused-ring (bicyclic) bond motifs is 4. The molecule has 2 bridgehead atoms. The van der Waals surface area contributed by atoms with Crippen molar-refractivity contribution in [3.05, 3.63) is 102 Å². The van der Waals surface area contributed by atoms with Crippen LogP contribution >= 0.6 is 0 Å². The van der Waals surface area contributed by atoms with Crippen LogP contribution in [-0.4, -0.2) is 62.0 Å². The number of rotatable bonds is 6. The van der Waals surface area contributed by atoms with E-state index in [0.717, 1.165) is 66.7 Å². The fourth-order valence-electron chi connectivity index (χ4n) is 8.77. The van der Waals surface area contributed by atoms with Gasteiger partial charge in [-0.15, -0.1) is 0 Å². The Labute approximate surface area is 253 Å². The van der Waals surface area contributed by atoms with Crippen molar-refractivity contribution in [2.24, 2.45) is 0 Å². The largest absolute Gasteiger partial charge is 0.361 e. The van der Waals surface area contributed by atoms with Crippen molar-refractivity contribution >= 4 is 27.8 Å². The summed E-state index contributed by atoms with van der Waals surface area (Å²) in [6.45, 7) is 4.92. The van der Waals surface area contributed by atoms with Gasteiger partial charge in [0.1, 0.15) is 5.82 Å². The van der Waals surface area contributed by atoms with E-state index in [1.54, 1.807) is 0 Å². The van der Waals surface area contributed by atoms with E-state index >= 15 is 0 Å². The number of piperidine rings is 2. The molecule has 3 fully saturated rings. The van der Waals surface area contributed by atoms with Crippen LogP contribution in [0.2, 0.25) is 0 Å². The molecule has 1 N–H and O–H groups in total. The lowest BCUT2D eigenvalue weighted by atomic mass is 9.70. The molecule has 6 nitrogen and oxygen atoms in total. The smallest absolute Gasteiger partial charge is 0.253 e. The monoisotopic (exact) mass is 571 g/mol. The second-order valence-electron chi connectivity index (χ2n) is 13.2. The van der Waals surface area contributed by atoms with Gasteiger partial charge in [0.25, 0.3) is 5.91 Å². The third-order valence-corrected chi connectivity index (χ3v) is 11.0. The molecular formula is C37H41N5O. The van der Waals surface area contributed by atoms with Crippen LogP contribution < -0.4 is 0 Å². The number of hydrogen-bond acceptors (Lipinski definition) is 3. The average Bonchev–Trinajstić information content (AvgIpc) is 3.72. The van der Waals surface area contributed by atoms with Gasteiger partial charge in [0.05, 0.1) is 11.0 Å². The number of H-pyrrole nitrogens is 1. The molecule has 3 aliphatic rings. The van der Waals surface area contributed by atoms with Crippen molar-refractivity contribution in [2.75, 3.05) is 19.6 Å². The summed E-state index contributed by atoms with van der Waals surface area (Å²) in [6.07, 6.45) is 10.1. The lowest BCUT2D eigenvalue weighted by Gasteiger charge is -2.45. The number of imidazole rings is 1. The van der Waals surface area contributed by atoms with E-state index in [0.29, 0.717) is 18.1 Å². The zero-order chi connectivity index (χ0) is 29.0. The van der Waals surface area contributed by atoms with Crippen molar-refractivity contribution in [3.63, 3.8) is 0 Å². The predicted octanol–water partition coefficient (Wildman–Crippen LogP) is 7.26. The normalized spacial score (nSPS) is 23.7. The molecule has 3 aliphatic heterocycles. The number of para-hydroxylation sites is 2. The molecule has 2 aromatic heterocycles. The van der Waals surface area contributed by atoms with Crippen LogP contribution in [-0.2, 0) is 5.41 Å². The first-order valence-electron chi connectivity index (χ1n) is 16.2. The van der Waals surface area contributed by atoms with Crippen LogP contribution in [0.5, 0.6) is 0 Å². The minimum Gasteiger partial charge on any atom is -0.361 e. The van der Waals surface area contributed by atoms with Crippen molar-refractivity contribution in [3.8, 4) is 0 Å². The number of aromatic amines is 1. The summed E-state index contributed by atoms with van der Waals surface area (Å²) >= 11 is 0. The van der Waals surface area contributed by atoms with Crippen LogP contribution in [0.3, 0.4) is 0 Å². The highest BCUT2D eigenvalue weighted by Crippen LogP contribution is 2.45. The quantitative estimate of drug-likeness (QED) is 0.233. The van der Waals surface area contributed by atoms with Gasteiger partial charge < -0.3 is 14.5 Å². The van der Waals surface area contributed by atoms with Gasteiger partial charge in [-0.2, -0.15) is 0 Å². The first-order chi connectivity index (χ1) is 21.1. The Bertz CT molecular complexity index is 1750. The molecule has 3 saturated heterocycles. The van der Waals surface area contributed by atoms with E-state index in [2.05, 4.69) is 80.9 Å². The van der Waals surface area contributed by atoms with Gasteiger partial charge in [-0.1, -0.05) is 42.5 Å². The molecule has 0 aliphatic carbocycles. The molecule has 3 aromatic carbocycles. The second-order valence-corrected chi connectivity index (χ2v) is 13.2. The first-order valence-corrected chi connectivity index (χ1v) is 16.2. The maximum absolute atomic E-state index is 13.5. The van der Waals surface area contributed by atoms with Crippen LogP contribution in [0.15, 0.2) is 85.1 Å². The van der Waals surface area contributed by atoms with Gasteiger partial charge >= 0.3 is 0 Å². The maximum Gasteiger partial charge on any atom is 0.253 e. The van der Waals surface area contributed by atoms with Crippen LogP contribution in [0.4, 0.5) is 0 Å². The highest BCUT2D eigenvalue weighted by Gasteiger charge is 2.44. The molecule has 0 saturated carbocycles. The van der Waals surface area contributed by atoms with Gasteiger partial charge in [0, 0.05) is 53.9 Å². The first kappa shape index (κ1) is 26.7. The summed E-state index contributed by atoms with van der Waals surface area (Å²) in [5.74, 6) is 1.31. The highest BCUT2D eigenvalue weighted by atomic mass is 16.2. The Morgan fingerprint density at radius 1 is 0.907 bits per heavy atom. The molecule has 43 heavy (non-hydrogen) atoms. The SMILES string of the molecule is Cc1nc2ccccc2n1C1C[C@H]2CC[C@@H](C1)N2CCC1(c2ccccc2)CCN(C(=O)c2ccc3[nH]ccc3c2)CC1.